The number of anilines is 2. The number of amides is 1. The maximum atomic E-state index is 11.9. The molecule has 0 saturated heterocycles. The fourth-order valence-electron chi connectivity index (χ4n) is 2.42. The van der Waals surface area contributed by atoms with Crippen LogP contribution in [0.4, 0.5) is 10.8 Å². The van der Waals surface area contributed by atoms with Gasteiger partial charge in [-0.1, -0.05) is 48.2 Å². The van der Waals surface area contributed by atoms with E-state index in [9.17, 15) is 4.79 Å². The van der Waals surface area contributed by atoms with E-state index in [-0.39, 0.29) is 12.0 Å². The summed E-state index contributed by atoms with van der Waals surface area (Å²) in [7, 11) is 0. The Morgan fingerprint density at radius 1 is 1.33 bits per heavy atom. The Hall–Kier alpha value is -1.64. The summed E-state index contributed by atoms with van der Waals surface area (Å²) in [5.74, 6) is 0.339. The zero-order valence-electron chi connectivity index (χ0n) is 16.4. The number of nitrogens with one attached hydrogen (secondary N) is 2. The molecule has 0 spiro atoms. The van der Waals surface area contributed by atoms with Crippen molar-refractivity contribution in [2.24, 2.45) is 0 Å². The van der Waals surface area contributed by atoms with Crippen molar-refractivity contribution >= 4 is 39.8 Å². The lowest BCUT2D eigenvalue weighted by Gasteiger charge is -2.11. The van der Waals surface area contributed by atoms with E-state index in [1.165, 1.54) is 34.2 Å². The van der Waals surface area contributed by atoms with Gasteiger partial charge in [-0.15, -0.1) is 10.2 Å². The van der Waals surface area contributed by atoms with Crippen LogP contribution in [0.5, 0.6) is 0 Å². The second-order valence-corrected chi connectivity index (χ2v) is 8.57. The molecule has 8 heteroatoms. The molecule has 1 heterocycles. The maximum absolute atomic E-state index is 11.9. The van der Waals surface area contributed by atoms with Crippen molar-refractivity contribution in [3.8, 4) is 0 Å². The molecule has 0 unspecified atom stereocenters. The molecule has 1 aromatic heterocycles. The Labute approximate surface area is 169 Å². The Morgan fingerprint density at radius 3 is 2.89 bits per heavy atom. The lowest BCUT2D eigenvalue weighted by Crippen LogP contribution is -2.27. The first kappa shape index (κ1) is 21.7. The number of nitrogens with zero attached hydrogens (tertiary/aromatic N) is 2. The summed E-state index contributed by atoms with van der Waals surface area (Å²) in [6.07, 6.45) is 1.99. The van der Waals surface area contributed by atoms with E-state index in [4.69, 9.17) is 4.74 Å². The van der Waals surface area contributed by atoms with Gasteiger partial charge in [0.05, 0.1) is 11.9 Å². The highest BCUT2D eigenvalue weighted by molar-refractivity contribution is 8.01. The SMILES string of the molecule is CCc1cccc(C)c1Nc1nnc(SCC(=O)NCCCOC(C)C)s1. The molecule has 2 rings (SSSR count). The van der Waals surface area contributed by atoms with Gasteiger partial charge in [-0.2, -0.15) is 0 Å². The highest BCUT2D eigenvalue weighted by Crippen LogP contribution is 2.30. The molecular weight excluding hydrogens is 380 g/mol. The van der Waals surface area contributed by atoms with Gasteiger partial charge in [-0.3, -0.25) is 4.79 Å². The van der Waals surface area contributed by atoms with Crippen LogP contribution in [0.1, 0.15) is 38.3 Å². The Bertz CT molecular complexity index is 734. The number of aromatic nitrogens is 2. The summed E-state index contributed by atoms with van der Waals surface area (Å²) in [4.78, 5) is 11.9. The van der Waals surface area contributed by atoms with E-state index < -0.39 is 0 Å². The number of rotatable bonds is 11. The molecule has 0 fully saturated rings. The highest BCUT2D eigenvalue weighted by atomic mass is 32.2. The summed E-state index contributed by atoms with van der Waals surface area (Å²) in [5.41, 5.74) is 3.52. The van der Waals surface area contributed by atoms with Gasteiger partial charge in [0, 0.05) is 18.8 Å². The van der Waals surface area contributed by atoms with E-state index in [0.29, 0.717) is 18.9 Å². The van der Waals surface area contributed by atoms with E-state index in [1.807, 2.05) is 13.8 Å². The second-order valence-electron chi connectivity index (χ2n) is 6.37. The Balaban J connectivity index is 1.77. The first-order chi connectivity index (χ1) is 13.0. The number of hydrogen-bond donors (Lipinski definition) is 2. The molecule has 1 aromatic carbocycles. The van der Waals surface area contributed by atoms with Gasteiger partial charge in [0.1, 0.15) is 0 Å². The van der Waals surface area contributed by atoms with Crippen molar-refractivity contribution in [3.05, 3.63) is 29.3 Å². The van der Waals surface area contributed by atoms with Crippen LogP contribution in [0.15, 0.2) is 22.5 Å². The fourth-order valence-corrected chi connectivity index (χ4v) is 4.01. The summed E-state index contributed by atoms with van der Waals surface area (Å²) >= 11 is 2.87. The number of thioether (sulfide) groups is 1. The van der Waals surface area contributed by atoms with Gasteiger partial charge in [0.25, 0.3) is 0 Å². The van der Waals surface area contributed by atoms with Crippen LogP contribution in [0.3, 0.4) is 0 Å². The number of ether oxygens (including phenoxy) is 1. The quantitative estimate of drug-likeness (QED) is 0.429. The number of hydrogen-bond acceptors (Lipinski definition) is 7. The summed E-state index contributed by atoms with van der Waals surface area (Å²) < 4.78 is 6.23. The molecule has 6 nitrogen and oxygen atoms in total. The maximum Gasteiger partial charge on any atom is 0.230 e. The van der Waals surface area contributed by atoms with Crippen molar-refractivity contribution in [2.75, 3.05) is 24.2 Å². The topological polar surface area (TPSA) is 76.1 Å². The van der Waals surface area contributed by atoms with E-state index in [1.54, 1.807) is 0 Å². The molecule has 0 atom stereocenters. The molecule has 1 amide bonds. The van der Waals surface area contributed by atoms with Crippen LogP contribution < -0.4 is 10.6 Å². The van der Waals surface area contributed by atoms with Crippen LogP contribution in [-0.4, -0.2) is 41.1 Å². The summed E-state index contributed by atoms with van der Waals surface area (Å²) in [6.45, 7) is 9.51. The van der Waals surface area contributed by atoms with Crippen molar-refractivity contribution in [2.45, 2.75) is 51.0 Å². The first-order valence-electron chi connectivity index (χ1n) is 9.19. The van der Waals surface area contributed by atoms with Crippen molar-refractivity contribution in [1.29, 1.82) is 0 Å². The van der Waals surface area contributed by atoms with Crippen molar-refractivity contribution in [1.82, 2.24) is 15.5 Å². The second kappa shape index (κ2) is 11.3. The molecular formula is C19H28N4O2S2. The predicted octanol–water partition coefficient (Wildman–Crippen LogP) is 4.18. The molecule has 27 heavy (non-hydrogen) atoms. The molecule has 0 aliphatic heterocycles. The van der Waals surface area contributed by atoms with Gasteiger partial charge >= 0.3 is 0 Å². The average Bonchev–Trinajstić information content (AvgIpc) is 3.08. The van der Waals surface area contributed by atoms with Gasteiger partial charge in [-0.25, -0.2) is 0 Å². The Morgan fingerprint density at radius 2 is 2.15 bits per heavy atom. The van der Waals surface area contributed by atoms with Crippen LogP contribution >= 0.6 is 23.1 Å². The van der Waals surface area contributed by atoms with Crippen LogP contribution in [0.25, 0.3) is 0 Å². The van der Waals surface area contributed by atoms with E-state index in [2.05, 4.69) is 52.9 Å². The fraction of sp³-hybridized carbons (Fsp3) is 0.526. The number of carbonyl (C=O) groups is 1. The summed E-state index contributed by atoms with van der Waals surface area (Å²) in [5, 5.41) is 15.4. The molecule has 0 bridgehead atoms. The highest BCUT2D eigenvalue weighted by Gasteiger charge is 2.11. The standard InChI is InChI=1S/C19H28N4O2S2/c1-5-15-9-6-8-14(4)17(15)21-18-22-23-19(27-18)26-12-16(24)20-10-7-11-25-13(2)3/h6,8-9,13H,5,7,10-12H2,1-4H3,(H,20,24)(H,21,22). The monoisotopic (exact) mass is 408 g/mol. The molecule has 2 N–H and O–H groups in total. The largest absolute Gasteiger partial charge is 0.379 e. The van der Waals surface area contributed by atoms with Crippen molar-refractivity contribution < 1.29 is 9.53 Å². The lowest BCUT2D eigenvalue weighted by molar-refractivity contribution is -0.118. The predicted molar refractivity (Wildman–Crippen MR) is 113 cm³/mol. The number of para-hydroxylation sites is 1. The number of carbonyl (C=O) groups excluding carboxylic acids is 1. The third-order valence-corrected chi connectivity index (χ3v) is 5.77. The number of aryl methyl sites for hydroxylation is 2. The van der Waals surface area contributed by atoms with Crippen LogP contribution in [0, 0.1) is 6.92 Å². The molecule has 0 aliphatic carbocycles. The zero-order chi connectivity index (χ0) is 19.6. The van der Waals surface area contributed by atoms with Crippen LogP contribution in [-0.2, 0) is 16.0 Å². The van der Waals surface area contributed by atoms with E-state index in [0.717, 1.165) is 28.0 Å². The molecule has 0 radical (unpaired) electrons. The van der Waals surface area contributed by atoms with Gasteiger partial charge in [-0.05, 0) is 44.7 Å². The van der Waals surface area contributed by atoms with Crippen LogP contribution in [0.2, 0.25) is 0 Å². The Kier molecular flexibility index (Phi) is 9.03. The minimum atomic E-state index is 0.00132. The third kappa shape index (κ3) is 7.48. The minimum absolute atomic E-state index is 0.00132. The first-order valence-corrected chi connectivity index (χ1v) is 11.0. The van der Waals surface area contributed by atoms with Gasteiger partial charge in [0.2, 0.25) is 11.0 Å². The van der Waals surface area contributed by atoms with Crippen molar-refractivity contribution in [3.63, 3.8) is 0 Å². The normalized spacial score (nSPS) is 11.0. The third-order valence-electron chi connectivity index (χ3n) is 3.80. The molecule has 2 aromatic rings. The minimum Gasteiger partial charge on any atom is -0.379 e. The smallest absolute Gasteiger partial charge is 0.230 e. The lowest BCUT2D eigenvalue weighted by atomic mass is 10.1. The summed E-state index contributed by atoms with van der Waals surface area (Å²) in [6, 6.07) is 6.26. The molecule has 0 aliphatic rings. The molecule has 148 valence electrons. The van der Waals surface area contributed by atoms with E-state index >= 15 is 0 Å². The average molecular weight is 409 g/mol. The zero-order valence-corrected chi connectivity index (χ0v) is 18.0. The molecule has 0 saturated carbocycles. The van der Waals surface area contributed by atoms with Gasteiger partial charge in [0.15, 0.2) is 4.34 Å². The van der Waals surface area contributed by atoms with Gasteiger partial charge < -0.3 is 15.4 Å². The number of benzene rings is 1.